The zero-order chi connectivity index (χ0) is 8.31. The Kier molecular flexibility index (Phi) is 4.84. The Balaban J connectivity index is 3.98. The maximum absolute atomic E-state index is 2.50. The molecule has 0 amide bonds. The Bertz CT molecular complexity index is 70.2. The molecule has 0 saturated carbocycles. The average Bonchev–Trinajstić information content (AvgIpc) is 1.59. The van der Waals surface area contributed by atoms with Crippen molar-refractivity contribution in [1.82, 2.24) is 4.90 Å². The van der Waals surface area contributed by atoms with Gasteiger partial charge in [0.15, 0.2) is 0 Å². The van der Waals surface area contributed by atoms with Gasteiger partial charge in [-0.1, -0.05) is 0 Å². The summed E-state index contributed by atoms with van der Waals surface area (Å²) in [5.74, 6) is 0. The summed E-state index contributed by atoms with van der Waals surface area (Å²) < 4.78 is 0.667. The molecule has 0 N–H and O–H groups in total. The molecule has 10 heavy (non-hydrogen) atoms. The van der Waals surface area contributed by atoms with Crippen LogP contribution in [0.1, 0.15) is 34.6 Å². The van der Waals surface area contributed by atoms with Gasteiger partial charge in [-0.05, 0) is 0 Å². The van der Waals surface area contributed by atoms with Crippen LogP contribution in [0.3, 0.4) is 0 Å². The summed E-state index contributed by atoms with van der Waals surface area (Å²) >= 11 is 2.25. The summed E-state index contributed by atoms with van der Waals surface area (Å²) in [6.45, 7) is 11.2. The summed E-state index contributed by atoms with van der Waals surface area (Å²) in [5, 5.41) is 0. The third-order valence-corrected chi connectivity index (χ3v) is 2.11. The van der Waals surface area contributed by atoms with Crippen LogP contribution in [0.25, 0.3) is 0 Å². The van der Waals surface area contributed by atoms with Crippen LogP contribution < -0.4 is 0 Å². The molecule has 0 aliphatic carbocycles. The molecule has 0 heterocycles. The van der Waals surface area contributed by atoms with Gasteiger partial charge < -0.3 is 0 Å². The molecule has 0 radical (unpaired) electrons. The molecular weight excluding hydrogens is 158 g/mol. The van der Waals surface area contributed by atoms with Crippen molar-refractivity contribution in [2.75, 3.05) is 0 Å². The van der Waals surface area contributed by atoms with Crippen molar-refractivity contribution in [3.63, 3.8) is 0 Å². The van der Waals surface area contributed by atoms with Crippen LogP contribution in [0.2, 0.25) is 0 Å². The Labute approximate surface area is 76.6 Å². The third kappa shape index (κ3) is 3.18. The van der Waals surface area contributed by atoms with Crippen molar-refractivity contribution in [3.8, 4) is 0 Å². The fraction of sp³-hybridized carbons (Fsp3) is 1.00. The summed E-state index contributed by atoms with van der Waals surface area (Å²) in [7, 11) is 0. The molecule has 0 aromatic rings. The van der Waals surface area contributed by atoms with Gasteiger partial charge in [0, 0.05) is 0 Å². The van der Waals surface area contributed by atoms with Crippen LogP contribution in [0, 0.1) is 0 Å². The van der Waals surface area contributed by atoms with Crippen LogP contribution in [0.5, 0.6) is 0 Å². The number of nitrogens with zero attached hydrogens (tertiary/aromatic N) is 1. The Morgan fingerprint density at radius 2 is 1.20 bits per heavy atom. The molecule has 0 aliphatic rings. The standard InChI is InChI=1S/C8H18N.Ti/c1-6-9(7(2)3)8(4)5;/h6-8H,1-5H3;. The molecule has 2 heteroatoms. The number of hydrogen-bond donors (Lipinski definition) is 0. The van der Waals surface area contributed by atoms with E-state index >= 15 is 0 Å². The van der Waals surface area contributed by atoms with Gasteiger partial charge in [0.25, 0.3) is 0 Å². The van der Waals surface area contributed by atoms with Crippen LogP contribution in [-0.2, 0) is 20.4 Å². The Morgan fingerprint density at radius 3 is 1.20 bits per heavy atom. The molecule has 1 atom stereocenters. The summed E-state index contributed by atoms with van der Waals surface area (Å²) in [6.07, 6.45) is 0. The van der Waals surface area contributed by atoms with E-state index in [9.17, 15) is 0 Å². The monoisotopic (exact) mass is 176 g/mol. The zero-order valence-corrected chi connectivity index (χ0v) is 9.24. The average molecular weight is 176 g/mol. The van der Waals surface area contributed by atoms with Crippen LogP contribution in [-0.4, -0.2) is 21.3 Å². The molecule has 0 fully saturated rings. The van der Waals surface area contributed by atoms with Gasteiger partial charge in [0.2, 0.25) is 0 Å². The third-order valence-electron chi connectivity index (χ3n) is 1.64. The van der Waals surface area contributed by atoms with E-state index in [1.165, 1.54) is 0 Å². The van der Waals surface area contributed by atoms with Gasteiger partial charge >= 0.3 is 76.4 Å². The molecule has 0 saturated heterocycles. The Hall–Kier alpha value is 0.674. The van der Waals surface area contributed by atoms with Crippen LogP contribution in [0.15, 0.2) is 0 Å². The molecule has 0 rings (SSSR count). The second-order valence-electron chi connectivity index (χ2n) is 3.31. The van der Waals surface area contributed by atoms with E-state index in [0.29, 0.717) is 16.4 Å². The van der Waals surface area contributed by atoms with E-state index in [1.807, 2.05) is 0 Å². The molecule has 0 aliphatic heterocycles. The first kappa shape index (κ1) is 10.7. The van der Waals surface area contributed by atoms with E-state index in [0.717, 1.165) is 0 Å². The van der Waals surface area contributed by atoms with Crippen molar-refractivity contribution in [2.45, 2.75) is 51.0 Å². The minimum absolute atomic E-state index is 0.667. The fourth-order valence-electron chi connectivity index (χ4n) is 1.49. The molecule has 1 unspecified atom stereocenters. The summed E-state index contributed by atoms with van der Waals surface area (Å²) in [5.41, 5.74) is 0. The Morgan fingerprint density at radius 1 is 0.900 bits per heavy atom. The molecular formula is C8H18NTi. The minimum atomic E-state index is 0.667. The van der Waals surface area contributed by atoms with Gasteiger partial charge in [0.05, 0.1) is 0 Å². The number of rotatable bonds is 3. The van der Waals surface area contributed by atoms with Gasteiger partial charge in [0.1, 0.15) is 0 Å². The maximum atomic E-state index is 2.50. The second kappa shape index (κ2) is 4.53. The van der Waals surface area contributed by atoms with Gasteiger partial charge in [-0.15, -0.1) is 0 Å². The predicted octanol–water partition coefficient (Wildman–Crippen LogP) is 2.00. The van der Waals surface area contributed by atoms with Gasteiger partial charge in [-0.3, -0.25) is 0 Å². The van der Waals surface area contributed by atoms with E-state index in [2.05, 4.69) is 60.0 Å². The van der Waals surface area contributed by atoms with Crippen molar-refractivity contribution < 1.29 is 20.4 Å². The van der Waals surface area contributed by atoms with Crippen LogP contribution >= 0.6 is 0 Å². The molecule has 0 bridgehead atoms. The SMILES string of the molecule is CC(C)N(C(C)C)[CH](C)[Ti]. The molecule has 0 spiro atoms. The summed E-state index contributed by atoms with van der Waals surface area (Å²) in [4.78, 5) is 2.50. The van der Waals surface area contributed by atoms with Gasteiger partial charge in [-0.2, -0.15) is 0 Å². The normalized spacial score (nSPS) is 15.1. The first-order valence-corrected chi connectivity index (χ1v) is 4.85. The molecule has 1 nitrogen and oxygen atoms in total. The fourth-order valence-corrected chi connectivity index (χ4v) is 2.42. The van der Waals surface area contributed by atoms with E-state index in [-0.39, 0.29) is 0 Å². The van der Waals surface area contributed by atoms with Crippen molar-refractivity contribution >= 4 is 0 Å². The van der Waals surface area contributed by atoms with E-state index in [1.54, 1.807) is 0 Å². The zero-order valence-electron chi connectivity index (χ0n) is 7.68. The predicted molar refractivity (Wildman–Crippen MR) is 41.6 cm³/mol. The number of hydrogen-bond acceptors (Lipinski definition) is 1. The molecule has 0 aromatic carbocycles. The second-order valence-corrected chi connectivity index (χ2v) is 4.62. The topological polar surface area (TPSA) is 3.24 Å². The van der Waals surface area contributed by atoms with Crippen molar-refractivity contribution in [3.05, 3.63) is 0 Å². The molecule has 0 aromatic heterocycles. The first-order chi connectivity index (χ1) is 4.46. The quantitative estimate of drug-likeness (QED) is 0.594. The summed E-state index contributed by atoms with van der Waals surface area (Å²) in [6, 6.07) is 1.33. The first-order valence-electron chi connectivity index (χ1n) is 3.95. The van der Waals surface area contributed by atoms with Crippen molar-refractivity contribution in [2.24, 2.45) is 0 Å². The van der Waals surface area contributed by atoms with Crippen LogP contribution in [0.4, 0.5) is 0 Å². The van der Waals surface area contributed by atoms with E-state index in [4.69, 9.17) is 0 Å². The van der Waals surface area contributed by atoms with Gasteiger partial charge in [-0.25, -0.2) is 0 Å². The van der Waals surface area contributed by atoms with Crippen molar-refractivity contribution in [1.29, 1.82) is 0 Å². The molecule has 59 valence electrons. The van der Waals surface area contributed by atoms with E-state index < -0.39 is 0 Å².